The first-order chi connectivity index (χ1) is 16.9. The lowest BCUT2D eigenvalue weighted by Crippen LogP contribution is -2.37. The van der Waals surface area contributed by atoms with Crippen molar-refractivity contribution in [2.45, 2.75) is 19.0 Å². The zero-order valence-corrected chi connectivity index (χ0v) is 19.2. The van der Waals surface area contributed by atoms with Crippen LogP contribution in [0.2, 0.25) is 0 Å². The number of nitrogens with one attached hydrogen (secondary N) is 1. The molecule has 0 unspecified atom stereocenters. The molecule has 0 spiro atoms. The van der Waals surface area contributed by atoms with Crippen LogP contribution in [0.4, 0.5) is 20.6 Å². The van der Waals surface area contributed by atoms with Gasteiger partial charge in [-0.1, -0.05) is 18.2 Å². The molecule has 0 saturated carbocycles. The Morgan fingerprint density at radius 2 is 1.66 bits per heavy atom. The highest BCUT2D eigenvalue weighted by Crippen LogP contribution is 2.30. The first-order valence-corrected chi connectivity index (χ1v) is 10.9. The van der Waals surface area contributed by atoms with Crippen LogP contribution in [0.15, 0.2) is 72.8 Å². The van der Waals surface area contributed by atoms with Crippen LogP contribution < -0.4 is 19.7 Å². The van der Waals surface area contributed by atoms with Crippen LogP contribution in [0, 0.1) is 5.82 Å². The third kappa shape index (κ3) is 5.24. The van der Waals surface area contributed by atoms with Crippen molar-refractivity contribution in [1.82, 2.24) is 4.90 Å². The molecule has 1 fully saturated rings. The van der Waals surface area contributed by atoms with Crippen LogP contribution >= 0.6 is 0 Å². The Labute approximate surface area is 201 Å². The number of imide groups is 1. The van der Waals surface area contributed by atoms with Gasteiger partial charge >= 0.3 is 6.03 Å². The van der Waals surface area contributed by atoms with E-state index in [0.717, 1.165) is 4.90 Å². The summed E-state index contributed by atoms with van der Waals surface area (Å²) in [7, 11) is 3.02. The van der Waals surface area contributed by atoms with Crippen molar-refractivity contribution in [1.29, 1.82) is 0 Å². The molecule has 8 nitrogen and oxygen atoms in total. The monoisotopic (exact) mass is 477 g/mol. The smallest absolute Gasteiger partial charge is 0.332 e. The third-order valence-electron chi connectivity index (χ3n) is 5.62. The highest BCUT2D eigenvalue weighted by atomic mass is 19.1. The zero-order chi connectivity index (χ0) is 24.9. The van der Waals surface area contributed by atoms with Crippen molar-refractivity contribution in [3.05, 3.63) is 84.2 Å². The number of rotatable bonds is 8. The summed E-state index contributed by atoms with van der Waals surface area (Å²) in [6.45, 7) is -0.0384. The number of hydrogen-bond donors (Lipinski definition) is 1. The molecule has 1 saturated heterocycles. The van der Waals surface area contributed by atoms with Crippen molar-refractivity contribution >= 4 is 29.2 Å². The maximum absolute atomic E-state index is 13.8. The number of amides is 4. The van der Waals surface area contributed by atoms with Gasteiger partial charge in [0.05, 0.1) is 26.3 Å². The normalized spacial score (nSPS) is 15.3. The lowest BCUT2D eigenvalue weighted by molar-refractivity contribution is -0.124. The first kappa shape index (κ1) is 23.7. The van der Waals surface area contributed by atoms with E-state index in [1.807, 2.05) is 0 Å². The molecule has 4 amide bonds. The molecule has 1 heterocycles. The maximum Gasteiger partial charge on any atom is 0.332 e. The molecule has 0 bridgehead atoms. The van der Waals surface area contributed by atoms with Crippen molar-refractivity contribution < 1.29 is 28.2 Å². The summed E-state index contributed by atoms with van der Waals surface area (Å²) < 4.78 is 24.1. The van der Waals surface area contributed by atoms with Gasteiger partial charge in [-0.3, -0.25) is 9.59 Å². The first-order valence-electron chi connectivity index (χ1n) is 10.9. The summed E-state index contributed by atoms with van der Waals surface area (Å²) in [4.78, 5) is 41.9. The average molecular weight is 477 g/mol. The number of nitrogens with zero attached hydrogens (tertiary/aromatic N) is 2. The van der Waals surface area contributed by atoms with Crippen molar-refractivity contribution in [2.75, 3.05) is 24.4 Å². The minimum atomic E-state index is -1.07. The van der Waals surface area contributed by atoms with E-state index in [-0.39, 0.29) is 13.0 Å². The highest BCUT2D eigenvalue weighted by Gasteiger charge is 2.46. The summed E-state index contributed by atoms with van der Waals surface area (Å²) in [6, 6.07) is 17.4. The number of carbonyl (C=O) groups is 3. The summed E-state index contributed by atoms with van der Waals surface area (Å²) in [5.74, 6) is -0.350. The molecule has 1 aliphatic heterocycles. The number of ether oxygens (including phenoxy) is 2. The van der Waals surface area contributed by atoms with Gasteiger partial charge < -0.3 is 19.7 Å². The fourth-order valence-electron chi connectivity index (χ4n) is 3.89. The third-order valence-corrected chi connectivity index (χ3v) is 5.62. The molecule has 4 rings (SSSR count). The maximum atomic E-state index is 13.8. The van der Waals surface area contributed by atoms with Gasteiger partial charge in [0, 0.05) is 18.3 Å². The second kappa shape index (κ2) is 10.3. The van der Waals surface area contributed by atoms with Crippen molar-refractivity contribution in [2.24, 2.45) is 0 Å². The van der Waals surface area contributed by atoms with E-state index >= 15 is 0 Å². The van der Waals surface area contributed by atoms with Crippen molar-refractivity contribution in [3.63, 3.8) is 0 Å². The Morgan fingerprint density at radius 3 is 2.34 bits per heavy atom. The van der Waals surface area contributed by atoms with Crippen LogP contribution in [0.1, 0.15) is 12.0 Å². The number of methoxy groups -OCH3 is 2. The SMILES string of the molecule is COc1ccc(NC(=O)C[C@@H]2C(=O)N(c3cccc(OC)c3)C(=O)N2Cc2cccc(F)c2)cc1. The average Bonchev–Trinajstić information content (AvgIpc) is 3.08. The van der Waals surface area contributed by atoms with Gasteiger partial charge in [0.1, 0.15) is 23.4 Å². The van der Waals surface area contributed by atoms with E-state index in [1.54, 1.807) is 54.6 Å². The lowest BCUT2D eigenvalue weighted by Gasteiger charge is -2.21. The number of halogens is 1. The topological polar surface area (TPSA) is 88.2 Å². The second-order valence-corrected chi connectivity index (χ2v) is 7.91. The predicted octanol–water partition coefficient (Wildman–Crippen LogP) is 4.21. The van der Waals surface area contributed by atoms with E-state index < -0.39 is 29.7 Å². The largest absolute Gasteiger partial charge is 0.497 e. The Kier molecular flexibility index (Phi) is 6.96. The molecule has 0 aliphatic carbocycles. The van der Waals surface area contributed by atoms with Gasteiger partial charge in [0.2, 0.25) is 5.91 Å². The molecule has 3 aromatic rings. The molecule has 0 radical (unpaired) electrons. The molecule has 1 atom stereocenters. The van der Waals surface area contributed by atoms with E-state index in [1.165, 1.54) is 37.3 Å². The van der Waals surface area contributed by atoms with Crippen LogP contribution in [-0.4, -0.2) is 43.0 Å². The molecular weight excluding hydrogens is 453 g/mol. The van der Waals surface area contributed by atoms with Crippen LogP contribution in [0.5, 0.6) is 11.5 Å². The van der Waals surface area contributed by atoms with Gasteiger partial charge in [0.25, 0.3) is 5.91 Å². The van der Waals surface area contributed by atoms with Crippen molar-refractivity contribution in [3.8, 4) is 11.5 Å². The standard InChI is InChI=1S/C26H24FN3O5/c1-34-21-11-9-19(10-12-21)28-24(31)15-23-25(32)30(20-7-4-8-22(14-20)35-2)26(33)29(23)16-17-5-3-6-18(27)13-17/h3-14,23H,15-16H2,1-2H3,(H,28,31)/t23-/m1/s1. The van der Waals surface area contributed by atoms with Gasteiger partial charge in [-0.25, -0.2) is 14.1 Å². The molecule has 0 aromatic heterocycles. The van der Waals surface area contributed by atoms with Gasteiger partial charge in [-0.2, -0.15) is 0 Å². The Bertz CT molecular complexity index is 1250. The van der Waals surface area contributed by atoms with E-state index in [2.05, 4.69) is 5.32 Å². The van der Waals surface area contributed by atoms with Crippen LogP contribution in [0.25, 0.3) is 0 Å². The molecular formula is C26H24FN3O5. The van der Waals surface area contributed by atoms with E-state index in [0.29, 0.717) is 28.4 Å². The van der Waals surface area contributed by atoms with E-state index in [4.69, 9.17) is 9.47 Å². The Balaban J connectivity index is 1.60. The van der Waals surface area contributed by atoms with Gasteiger partial charge in [-0.15, -0.1) is 0 Å². The fourth-order valence-corrected chi connectivity index (χ4v) is 3.89. The fraction of sp³-hybridized carbons (Fsp3) is 0.192. The quantitative estimate of drug-likeness (QED) is 0.491. The predicted molar refractivity (Wildman–Crippen MR) is 128 cm³/mol. The molecule has 1 aliphatic rings. The highest BCUT2D eigenvalue weighted by molar-refractivity contribution is 6.22. The number of anilines is 2. The minimum Gasteiger partial charge on any atom is -0.497 e. The summed E-state index contributed by atoms with van der Waals surface area (Å²) in [5.41, 5.74) is 1.34. The van der Waals surface area contributed by atoms with Gasteiger partial charge in [0.15, 0.2) is 0 Å². The molecule has 3 aromatic carbocycles. The lowest BCUT2D eigenvalue weighted by atomic mass is 10.1. The Morgan fingerprint density at radius 1 is 0.943 bits per heavy atom. The number of benzene rings is 3. The minimum absolute atomic E-state index is 0.0384. The molecule has 1 N–H and O–H groups in total. The summed E-state index contributed by atoms with van der Waals surface area (Å²) in [6.07, 6.45) is -0.271. The molecule has 35 heavy (non-hydrogen) atoms. The Hall–Kier alpha value is -4.40. The van der Waals surface area contributed by atoms with E-state index in [9.17, 15) is 18.8 Å². The summed E-state index contributed by atoms with van der Waals surface area (Å²) in [5, 5.41) is 2.74. The van der Waals surface area contributed by atoms with Gasteiger partial charge in [-0.05, 0) is 54.1 Å². The van der Waals surface area contributed by atoms with Crippen LogP contribution in [0.3, 0.4) is 0 Å². The molecule has 9 heteroatoms. The zero-order valence-electron chi connectivity index (χ0n) is 19.2. The number of urea groups is 1. The second-order valence-electron chi connectivity index (χ2n) is 7.91. The number of hydrogen-bond acceptors (Lipinski definition) is 5. The number of carbonyl (C=O) groups excluding carboxylic acids is 3. The molecule has 180 valence electrons. The van der Waals surface area contributed by atoms with Crippen LogP contribution in [-0.2, 0) is 16.1 Å². The summed E-state index contributed by atoms with van der Waals surface area (Å²) >= 11 is 0.